The molecule has 0 saturated heterocycles. The maximum Gasteiger partial charge on any atom is 0.269 e. The average Bonchev–Trinajstić information content (AvgIpc) is 3.28. The minimum Gasteiger partial charge on any atom is -0.476 e. The van der Waals surface area contributed by atoms with Gasteiger partial charge in [0.15, 0.2) is 10.4 Å². The number of aromatic nitrogens is 2. The smallest absolute Gasteiger partial charge is 0.269 e. The lowest BCUT2D eigenvalue weighted by Gasteiger charge is -2.35. The summed E-state index contributed by atoms with van der Waals surface area (Å²) < 4.78 is 35.3. The maximum atomic E-state index is 13.7. The third-order valence-electron chi connectivity index (χ3n) is 5.38. The predicted octanol–water partition coefficient (Wildman–Crippen LogP) is 4.93. The van der Waals surface area contributed by atoms with E-state index in [2.05, 4.69) is 43.2 Å². The first-order valence-electron chi connectivity index (χ1n) is 11.3. The van der Waals surface area contributed by atoms with E-state index in [4.69, 9.17) is 4.74 Å². The summed E-state index contributed by atoms with van der Waals surface area (Å²) in [4.78, 5) is 13.3. The fourth-order valence-electron chi connectivity index (χ4n) is 3.50. The highest BCUT2D eigenvalue weighted by atomic mass is 32.2. The third kappa shape index (κ3) is 5.62. The Labute approximate surface area is 214 Å². The quantitative estimate of drug-likeness (QED) is 0.340. The van der Waals surface area contributed by atoms with Crippen molar-refractivity contribution in [2.45, 2.75) is 54.9 Å². The Morgan fingerprint density at radius 3 is 2.63 bits per heavy atom. The van der Waals surface area contributed by atoms with Gasteiger partial charge in [-0.2, -0.15) is 0 Å². The predicted molar refractivity (Wildman–Crippen MR) is 140 cm³/mol. The highest BCUT2D eigenvalue weighted by molar-refractivity contribution is 8.01. The van der Waals surface area contributed by atoms with Crippen molar-refractivity contribution < 1.29 is 17.9 Å². The van der Waals surface area contributed by atoms with Crippen molar-refractivity contribution >= 4 is 49.8 Å². The Morgan fingerprint density at radius 1 is 1.20 bits per heavy atom. The van der Waals surface area contributed by atoms with Crippen LogP contribution in [0.3, 0.4) is 0 Å². The molecule has 1 N–H and O–H groups in total. The normalized spacial score (nSPS) is 15.9. The molecule has 0 saturated carbocycles. The summed E-state index contributed by atoms with van der Waals surface area (Å²) in [5.41, 5.74) is 1.18. The van der Waals surface area contributed by atoms with Gasteiger partial charge in [-0.1, -0.05) is 75.1 Å². The van der Waals surface area contributed by atoms with Crippen molar-refractivity contribution in [3.05, 3.63) is 54.1 Å². The maximum absolute atomic E-state index is 13.7. The molecule has 0 bridgehead atoms. The summed E-state index contributed by atoms with van der Waals surface area (Å²) in [6, 6.07) is 13.7. The number of thioether (sulfide) groups is 1. The molecular weight excluding hydrogens is 504 g/mol. The van der Waals surface area contributed by atoms with E-state index in [1.54, 1.807) is 48.2 Å². The summed E-state index contributed by atoms with van der Waals surface area (Å²) in [6.45, 7) is 8.08. The molecule has 0 fully saturated rings. The number of hydrogen-bond donors (Lipinski definition) is 1. The number of carbonyl (C=O) groups excluding carboxylic acids is 1. The first-order valence-corrected chi connectivity index (χ1v) is 14.5. The molecule has 0 unspecified atom stereocenters. The molecule has 11 heteroatoms. The van der Waals surface area contributed by atoms with Crippen molar-refractivity contribution in [3.63, 3.8) is 0 Å². The molecule has 0 aliphatic carbocycles. The SMILES string of the molecule is CCCSc1nnc(NC(=O)[C@@H]2CN(S(=O)(=O)c3ccccc3)c3cc(C(C)(C)C)ccc3O2)s1. The topological polar surface area (TPSA) is 101 Å². The van der Waals surface area contributed by atoms with E-state index >= 15 is 0 Å². The molecule has 1 aromatic heterocycles. The Bertz CT molecular complexity index is 1300. The van der Waals surface area contributed by atoms with Gasteiger partial charge in [-0.05, 0) is 41.7 Å². The van der Waals surface area contributed by atoms with Gasteiger partial charge >= 0.3 is 0 Å². The second-order valence-corrected chi connectivity index (χ2v) is 13.3. The van der Waals surface area contributed by atoms with Crippen LogP contribution in [0.25, 0.3) is 0 Å². The van der Waals surface area contributed by atoms with Crippen LogP contribution in [0, 0.1) is 0 Å². The Hall–Kier alpha value is -2.63. The van der Waals surface area contributed by atoms with Gasteiger partial charge in [0.2, 0.25) is 5.13 Å². The third-order valence-corrected chi connectivity index (χ3v) is 9.36. The van der Waals surface area contributed by atoms with Gasteiger partial charge in [0, 0.05) is 5.75 Å². The standard InChI is InChI=1S/C24H28N4O4S3/c1-5-13-33-23-27-26-22(34-23)25-21(29)20-15-28(35(30,31)17-9-7-6-8-10-17)18-14-16(24(2,3)4)11-12-19(18)32-20/h6-12,14,20H,5,13,15H2,1-4H3,(H,25,26,29)/t20-/m0/s1. The summed E-state index contributed by atoms with van der Waals surface area (Å²) in [7, 11) is -3.94. The number of anilines is 2. The number of carbonyl (C=O) groups is 1. The second-order valence-electron chi connectivity index (χ2n) is 9.10. The van der Waals surface area contributed by atoms with Gasteiger partial charge in [0.1, 0.15) is 5.75 Å². The molecule has 0 radical (unpaired) electrons. The molecule has 1 amide bonds. The number of nitrogens with zero attached hydrogens (tertiary/aromatic N) is 3. The molecule has 2 aromatic carbocycles. The summed E-state index contributed by atoms with van der Waals surface area (Å²) in [5, 5.41) is 11.2. The summed E-state index contributed by atoms with van der Waals surface area (Å²) >= 11 is 2.85. The Balaban J connectivity index is 1.66. The molecule has 1 atom stereocenters. The first-order chi connectivity index (χ1) is 16.6. The number of rotatable bonds is 7. The van der Waals surface area contributed by atoms with E-state index in [0.29, 0.717) is 16.6 Å². The molecule has 35 heavy (non-hydrogen) atoms. The lowest BCUT2D eigenvalue weighted by atomic mass is 9.86. The number of hydrogen-bond acceptors (Lipinski definition) is 8. The van der Waals surface area contributed by atoms with Crippen LogP contribution in [0.2, 0.25) is 0 Å². The van der Waals surface area contributed by atoms with Gasteiger partial charge in [0.05, 0.1) is 17.1 Å². The van der Waals surface area contributed by atoms with Gasteiger partial charge in [0.25, 0.3) is 15.9 Å². The number of sulfonamides is 1. The van der Waals surface area contributed by atoms with Crippen LogP contribution in [0.4, 0.5) is 10.8 Å². The van der Waals surface area contributed by atoms with Crippen LogP contribution in [0.5, 0.6) is 5.75 Å². The fraction of sp³-hybridized carbons (Fsp3) is 0.375. The minimum atomic E-state index is -3.94. The van der Waals surface area contributed by atoms with Crippen molar-refractivity contribution in [2.75, 3.05) is 21.9 Å². The van der Waals surface area contributed by atoms with Crippen molar-refractivity contribution in [1.82, 2.24) is 10.2 Å². The summed E-state index contributed by atoms with van der Waals surface area (Å²) in [6.07, 6.45) is -0.0543. The van der Waals surface area contributed by atoms with Gasteiger partial charge in [-0.25, -0.2) is 8.42 Å². The Morgan fingerprint density at radius 2 is 1.94 bits per heavy atom. The zero-order chi connectivity index (χ0) is 25.2. The fourth-order valence-corrected chi connectivity index (χ4v) is 6.66. The zero-order valence-corrected chi connectivity index (χ0v) is 22.5. The van der Waals surface area contributed by atoms with E-state index in [1.807, 2.05) is 12.1 Å². The van der Waals surface area contributed by atoms with Crippen LogP contribution in [0.15, 0.2) is 57.8 Å². The van der Waals surface area contributed by atoms with E-state index in [0.717, 1.165) is 22.1 Å². The van der Waals surface area contributed by atoms with Crippen LogP contribution in [-0.4, -0.2) is 42.9 Å². The molecule has 186 valence electrons. The van der Waals surface area contributed by atoms with Crippen molar-refractivity contribution in [3.8, 4) is 5.75 Å². The van der Waals surface area contributed by atoms with Crippen molar-refractivity contribution in [1.29, 1.82) is 0 Å². The number of benzene rings is 2. The van der Waals surface area contributed by atoms with Crippen molar-refractivity contribution in [2.24, 2.45) is 0 Å². The monoisotopic (exact) mass is 532 g/mol. The minimum absolute atomic E-state index is 0.148. The average molecular weight is 533 g/mol. The molecule has 3 aromatic rings. The largest absolute Gasteiger partial charge is 0.476 e. The van der Waals surface area contributed by atoms with Gasteiger partial charge in [-0.15, -0.1) is 10.2 Å². The number of ether oxygens (including phenoxy) is 1. The first kappa shape index (κ1) is 25.5. The number of amides is 1. The molecule has 1 aliphatic rings. The van der Waals surface area contributed by atoms with E-state index < -0.39 is 22.0 Å². The van der Waals surface area contributed by atoms with Crippen LogP contribution in [-0.2, 0) is 20.2 Å². The molecule has 2 heterocycles. The molecule has 1 aliphatic heterocycles. The van der Waals surface area contributed by atoms with E-state index in [9.17, 15) is 13.2 Å². The van der Waals surface area contributed by atoms with Crippen LogP contribution in [0.1, 0.15) is 39.7 Å². The number of fused-ring (bicyclic) bond motifs is 1. The Kier molecular flexibility index (Phi) is 7.39. The van der Waals surface area contributed by atoms with Gasteiger partial charge < -0.3 is 4.74 Å². The van der Waals surface area contributed by atoms with Gasteiger partial charge in [-0.3, -0.25) is 14.4 Å². The number of nitrogens with one attached hydrogen (secondary N) is 1. The zero-order valence-electron chi connectivity index (χ0n) is 20.0. The molecule has 0 spiro atoms. The molecular formula is C24H28N4O4S3. The highest BCUT2D eigenvalue weighted by Gasteiger charge is 2.38. The highest BCUT2D eigenvalue weighted by Crippen LogP contribution is 2.40. The summed E-state index contributed by atoms with van der Waals surface area (Å²) in [5.74, 6) is 0.765. The lowest BCUT2D eigenvalue weighted by molar-refractivity contribution is -0.122. The molecule has 8 nitrogen and oxygen atoms in total. The van der Waals surface area contributed by atoms with Crippen LogP contribution >= 0.6 is 23.1 Å². The molecule has 4 rings (SSSR count). The van der Waals surface area contributed by atoms with E-state index in [-0.39, 0.29) is 16.9 Å². The van der Waals surface area contributed by atoms with Crippen LogP contribution < -0.4 is 14.4 Å². The second kappa shape index (κ2) is 10.2. The lowest BCUT2D eigenvalue weighted by Crippen LogP contribution is -2.49. The van der Waals surface area contributed by atoms with E-state index in [1.165, 1.54) is 15.6 Å².